The molecule has 2 aliphatic heterocycles. The van der Waals surface area contributed by atoms with Crippen molar-refractivity contribution in [1.29, 1.82) is 0 Å². The maximum absolute atomic E-state index is 12.3. The molecule has 1 aromatic heterocycles. The van der Waals surface area contributed by atoms with Gasteiger partial charge in [-0.1, -0.05) is 0 Å². The quantitative estimate of drug-likeness (QED) is 0.487. The van der Waals surface area contributed by atoms with Gasteiger partial charge < -0.3 is 0 Å². The van der Waals surface area contributed by atoms with Crippen LogP contribution in [0.15, 0.2) is 12.5 Å². The molecule has 102 valence electrons. The minimum atomic E-state index is -0.952. The highest BCUT2D eigenvalue weighted by molar-refractivity contribution is 6.22. The fourth-order valence-electron chi connectivity index (χ4n) is 2.39. The molecule has 1 fully saturated rings. The highest BCUT2D eigenvalue weighted by Gasteiger charge is 2.48. The van der Waals surface area contributed by atoms with Crippen LogP contribution in [0.2, 0.25) is 0 Å². The second-order valence-corrected chi connectivity index (χ2v) is 4.75. The third-order valence-corrected chi connectivity index (χ3v) is 3.35. The van der Waals surface area contributed by atoms with Gasteiger partial charge >= 0.3 is 5.91 Å². The Labute approximate surface area is 113 Å². The Kier molecular flexibility index (Phi) is 2.60. The summed E-state index contributed by atoms with van der Waals surface area (Å²) in [7, 11) is 1.68. The molecule has 0 aliphatic carbocycles. The van der Waals surface area contributed by atoms with Gasteiger partial charge in [0.1, 0.15) is 17.8 Å². The molecule has 8 nitrogen and oxygen atoms in total. The van der Waals surface area contributed by atoms with Crippen LogP contribution in [0.4, 0.5) is 0 Å². The molecule has 1 N–H and O–H groups in total. The third-order valence-electron chi connectivity index (χ3n) is 3.35. The minimum Gasteiger partial charge on any atom is -0.295 e. The highest BCUT2D eigenvalue weighted by Crippen LogP contribution is 2.24. The molecule has 1 aromatic rings. The van der Waals surface area contributed by atoms with E-state index in [1.54, 1.807) is 11.6 Å². The van der Waals surface area contributed by atoms with Crippen molar-refractivity contribution >= 4 is 23.6 Å². The second kappa shape index (κ2) is 4.19. The lowest BCUT2D eigenvalue weighted by Crippen LogP contribution is -2.54. The normalized spacial score (nSPS) is 22.1. The molecule has 0 radical (unpaired) electrons. The maximum atomic E-state index is 12.3. The Bertz CT molecular complexity index is 669. The third kappa shape index (κ3) is 1.68. The number of hydrogen-bond acceptors (Lipinski definition) is 5. The lowest BCUT2D eigenvalue weighted by atomic mass is 10.0. The summed E-state index contributed by atoms with van der Waals surface area (Å²) in [5, 5.41) is 2.14. The van der Waals surface area contributed by atoms with E-state index in [1.165, 1.54) is 12.5 Å². The summed E-state index contributed by atoms with van der Waals surface area (Å²) >= 11 is 0. The Hall–Kier alpha value is -2.64. The fraction of sp³-hybridized carbons (Fsp3) is 0.333. The Morgan fingerprint density at radius 3 is 2.75 bits per heavy atom. The zero-order chi connectivity index (χ0) is 14.4. The van der Waals surface area contributed by atoms with Gasteiger partial charge in [-0.2, -0.15) is 0 Å². The molecule has 1 saturated heterocycles. The number of carbonyl (C=O) groups excluding carboxylic acids is 4. The first kappa shape index (κ1) is 12.4. The number of aryl methyl sites for hydroxylation is 1. The van der Waals surface area contributed by atoms with Crippen LogP contribution in [-0.4, -0.2) is 39.6 Å². The molecular formula is C12H11N4O4+. The summed E-state index contributed by atoms with van der Waals surface area (Å²) < 4.78 is 1.55. The van der Waals surface area contributed by atoms with Crippen molar-refractivity contribution in [2.45, 2.75) is 18.9 Å². The van der Waals surface area contributed by atoms with Gasteiger partial charge in [0, 0.05) is 6.42 Å². The molecule has 3 rings (SSSR count). The molecule has 2 aliphatic rings. The lowest BCUT2D eigenvalue weighted by Gasteiger charge is -2.27. The first-order valence-electron chi connectivity index (χ1n) is 6.06. The van der Waals surface area contributed by atoms with E-state index < -0.39 is 29.7 Å². The number of imide groups is 2. The van der Waals surface area contributed by atoms with Gasteiger partial charge in [0.2, 0.25) is 11.8 Å². The summed E-state index contributed by atoms with van der Waals surface area (Å²) in [6.45, 7) is 0. The zero-order valence-corrected chi connectivity index (χ0v) is 10.6. The van der Waals surface area contributed by atoms with Crippen molar-refractivity contribution in [2.75, 3.05) is 0 Å². The number of carbonyl (C=O) groups is 4. The number of piperidine rings is 1. The number of hydrogen-bond donors (Lipinski definition) is 1. The van der Waals surface area contributed by atoms with Gasteiger partial charge in [0.25, 0.3) is 17.9 Å². The molecule has 0 aromatic carbocycles. The maximum Gasteiger partial charge on any atom is 0.306 e. The number of nitrogens with one attached hydrogen (secondary N) is 1. The Balaban J connectivity index is 1.97. The van der Waals surface area contributed by atoms with Crippen LogP contribution in [0.5, 0.6) is 0 Å². The van der Waals surface area contributed by atoms with E-state index in [4.69, 9.17) is 0 Å². The second-order valence-electron chi connectivity index (χ2n) is 4.75. The summed E-state index contributed by atoms with van der Waals surface area (Å²) in [4.78, 5) is 52.2. The molecule has 1 unspecified atom stereocenters. The van der Waals surface area contributed by atoms with Gasteiger partial charge in [-0.05, 0) is 11.4 Å². The fourth-order valence-corrected chi connectivity index (χ4v) is 2.39. The van der Waals surface area contributed by atoms with Crippen molar-refractivity contribution in [2.24, 2.45) is 7.05 Å². The van der Waals surface area contributed by atoms with E-state index in [9.17, 15) is 19.2 Å². The van der Waals surface area contributed by atoms with Crippen LogP contribution in [-0.2, 0) is 16.6 Å². The molecule has 0 saturated carbocycles. The number of amides is 4. The predicted octanol–water partition coefficient (Wildman–Crippen LogP) is -1.69. The molecule has 8 heteroatoms. The van der Waals surface area contributed by atoms with Crippen LogP contribution in [0.1, 0.15) is 33.7 Å². The number of fused-ring (bicyclic) bond motifs is 1. The number of rotatable bonds is 1. The van der Waals surface area contributed by atoms with Crippen molar-refractivity contribution in [1.82, 2.24) is 15.2 Å². The van der Waals surface area contributed by atoms with Crippen molar-refractivity contribution in [3.63, 3.8) is 0 Å². The first-order valence-corrected chi connectivity index (χ1v) is 6.06. The van der Waals surface area contributed by atoms with E-state index in [0.717, 1.165) is 4.90 Å². The first-order chi connectivity index (χ1) is 9.49. The molecule has 3 heterocycles. The molecule has 1 atom stereocenters. The van der Waals surface area contributed by atoms with Gasteiger partial charge in [0.05, 0.1) is 7.05 Å². The van der Waals surface area contributed by atoms with Gasteiger partial charge in [0.15, 0.2) is 0 Å². The molecule has 20 heavy (non-hydrogen) atoms. The van der Waals surface area contributed by atoms with Crippen molar-refractivity contribution < 1.29 is 23.7 Å². The van der Waals surface area contributed by atoms with E-state index in [0.29, 0.717) is 0 Å². The SMILES string of the molecule is C[n+]1cnc2c(c1)C(=O)N(C1CCC(=O)NC1=O)C2=O. The van der Waals surface area contributed by atoms with Gasteiger partial charge in [-0.25, -0.2) is 4.57 Å². The average molecular weight is 275 g/mol. The summed E-state index contributed by atoms with van der Waals surface area (Å²) in [6.07, 6.45) is 3.15. The van der Waals surface area contributed by atoms with Crippen LogP contribution in [0.3, 0.4) is 0 Å². The topological polar surface area (TPSA) is 100 Å². The largest absolute Gasteiger partial charge is 0.306 e. The molecular weight excluding hydrogens is 264 g/mol. The smallest absolute Gasteiger partial charge is 0.295 e. The summed E-state index contributed by atoms with van der Waals surface area (Å²) in [6, 6.07) is -0.952. The van der Waals surface area contributed by atoms with Crippen LogP contribution in [0, 0.1) is 0 Å². The van der Waals surface area contributed by atoms with Crippen LogP contribution < -0.4 is 9.88 Å². The standard InChI is InChI=1S/C12H10N4O4/c1-15-4-6-9(13-5-15)12(20)16(11(6)19)7-2-3-8(17)14-10(7)18/h4-5,7H,2-3H2,1H3/p+1. The lowest BCUT2D eigenvalue weighted by molar-refractivity contribution is -0.674. The molecule has 0 bridgehead atoms. The summed E-state index contributed by atoms with van der Waals surface area (Å²) in [5.41, 5.74) is 0.211. The van der Waals surface area contributed by atoms with Crippen molar-refractivity contribution in [3.05, 3.63) is 23.8 Å². The zero-order valence-electron chi connectivity index (χ0n) is 10.6. The summed E-state index contributed by atoms with van der Waals surface area (Å²) in [5.74, 6) is -2.17. The Morgan fingerprint density at radius 2 is 2.05 bits per heavy atom. The van der Waals surface area contributed by atoms with E-state index >= 15 is 0 Å². The van der Waals surface area contributed by atoms with Crippen LogP contribution >= 0.6 is 0 Å². The van der Waals surface area contributed by atoms with E-state index in [-0.39, 0.29) is 24.1 Å². The molecule has 0 spiro atoms. The predicted molar refractivity (Wildman–Crippen MR) is 62.1 cm³/mol. The van der Waals surface area contributed by atoms with Gasteiger partial charge in [-0.15, -0.1) is 0 Å². The monoisotopic (exact) mass is 275 g/mol. The number of nitrogens with zero attached hydrogens (tertiary/aromatic N) is 3. The van der Waals surface area contributed by atoms with Crippen LogP contribution in [0.25, 0.3) is 0 Å². The van der Waals surface area contributed by atoms with Crippen molar-refractivity contribution in [3.8, 4) is 0 Å². The minimum absolute atomic E-state index is 0.0396. The van der Waals surface area contributed by atoms with Gasteiger partial charge in [-0.3, -0.25) is 29.4 Å². The molecule has 4 amide bonds. The highest BCUT2D eigenvalue weighted by atomic mass is 16.2. The average Bonchev–Trinajstić information content (AvgIpc) is 2.63. The van der Waals surface area contributed by atoms with E-state index in [2.05, 4.69) is 10.3 Å². The Morgan fingerprint density at radius 1 is 1.30 bits per heavy atom. The van der Waals surface area contributed by atoms with E-state index in [1.807, 2.05) is 0 Å². The number of aromatic nitrogens is 2.